The highest BCUT2D eigenvalue weighted by molar-refractivity contribution is 7.16. The molecule has 0 fully saturated rings. The third kappa shape index (κ3) is 4.00. The molecule has 7 heteroatoms. The summed E-state index contributed by atoms with van der Waals surface area (Å²) in [5, 5.41) is 4.44. The second-order valence-corrected chi connectivity index (χ2v) is 9.10. The molecular weight excluding hydrogens is 422 g/mol. The summed E-state index contributed by atoms with van der Waals surface area (Å²) in [7, 11) is 0. The first-order chi connectivity index (χ1) is 15.4. The van der Waals surface area contributed by atoms with Crippen LogP contribution in [0, 0.1) is 6.92 Å². The molecule has 2 aromatic carbocycles. The van der Waals surface area contributed by atoms with Crippen LogP contribution in [0.1, 0.15) is 60.3 Å². The van der Waals surface area contributed by atoms with Gasteiger partial charge in [-0.05, 0) is 50.5 Å². The van der Waals surface area contributed by atoms with E-state index in [4.69, 9.17) is 4.74 Å². The number of thiazole rings is 1. The van der Waals surface area contributed by atoms with Gasteiger partial charge in [0.15, 0.2) is 5.78 Å². The molecule has 0 atom stereocenters. The molecule has 32 heavy (non-hydrogen) atoms. The Hall–Kier alpha value is -3.19. The van der Waals surface area contributed by atoms with Gasteiger partial charge in [0.25, 0.3) is 0 Å². The van der Waals surface area contributed by atoms with Crippen LogP contribution in [0.25, 0.3) is 10.2 Å². The lowest BCUT2D eigenvalue weighted by molar-refractivity contribution is 0.103. The number of aromatic nitrogens is 3. The molecule has 0 unspecified atom stereocenters. The largest absolute Gasteiger partial charge is 0.472 e. The molecule has 6 nitrogen and oxygen atoms in total. The SMILES string of the molecule is CCCn1c(=O)sc2ccc(C(=O)c3cnn(C(C)C)c3OCc3ccccc3)c(C)c21. The van der Waals surface area contributed by atoms with Crippen LogP contribution in [0.2, 0.25) is 0 Å². The Morgan fingerprint density at radius 1 is 1.12 bits per heavy atom. The van der Waals surface area contributed by atoms with Crippen LogP contribution >= 0.6 is 11.3 Å². The van der Waals surface area contributed by atoms with E-state index in [-0.39, 0.29) is 16.7 Å². The molecule has 0 aliphatic carbocycles. The Labute approximate surface area is 191 Å². The van der Waals surface area contributed by atoms with Crippen molar-refractivity contribution in [2.45, 2.75) is 53.3 Å². The summed E-state index contributed by atoms with van der Waals surface area (Å²) < 4.78 is 10.5. The first kappa shape index (κ1) is 22.0. The molecule has 4 aromatic rings. The number of aryl methyl sites for hydroxylation is 2. The van der Waals surface area contributed by atoms with Gasteiger partial charge in [-0.3, -0.25) is 14.2 Å². The third-order valence-electron chi connectivity index (χ3n) is 5.48. The van der Waals surface area contributed by atoms with Crippen molar-refractivity contribution in [2.24, 2.45) is 0 Å². The maximum Gasteiger partial charge on any atom is 0.308 e. The zero-order chi connectivity index (χ0) is 22.8. The van der Waals surface area contributed by atoms with Crippen molar-refractivity contribution >= 4 is 27.3 Å². The lowest BCUT2D eigenvalue weighted by Crippen LogP contribution is -2.14. The summed E-state index contributed by atoms with van der Waals surface area (Å²) in [5.74, 6) is 0.311. The first-order valence-electron chi connectivity index (χ1n) is 10.8. The number of carbonyl (C=O) groups is 1. The van der Waals surface area contributed by atoms with E-state index in [1.54, 1.807) is 21.5 Å². The van der Waals surface area contributed by atoms with Crippen molar-refractivity contribution in [1.29, 1.82) is 0 Å². The summed E-state index contributed by atoms with van der Waals surface area (Å²) in [5.41, 5.74) is 3.66. The number of ether oxygens (including phenoxy) is 1. The average molecular weight is 450 g/mol. The maximum atomic E-state index is 13.6. The number of rotatable bonds is 8. The Morgan fingerprint density at radius 2 is 1.88 bits per heavy atom. The lowest BCUT2D eigenvalue weighted by Gasteiger charge is -2.14. The summed E-state index contributed by atoms with van der Waals surface area (Å²) in [6, 6.07) is 13.6. The fraction of sp³-hybridized carbons (Fsp3) is 0.320. The van der Waals surface area contributed by atoms with E-state index in [2.05, 4.69) is 5.10 Å². The van der Waals surface area contributed by atoms with Gasteiger partial charge in [-0.1, -0.05) is 48.6 Å². The van der Waals surface area contributed by atoms with Crippen molar-refractivity contribution in [3.05, 3.63) is 80.6 Å². The van der Waals surface area contributed by atoms with E-state index >= 15 is 0 Å². The van der Waals surface area contributed by atoms with Crippen molar-refractivity contribution in [3.63, 3.8) is 0 Å². The fourth-order valence-corrected chi connectivity index (χ4v) is 4.87. The van der Waals surface area contributed by atoms with E-state index < -0.39 is 0 Å². The quantitative estimate of drug-likeness (QED) is 0.339. The number of nitrogens with zero attached hydrogens (tertiary/aromatic N) is 3. The van der Waals surface area contributed by atoms with Crippen molar-refractivity contribution in [1.82, 2.24) is 14.3 Å². The Morgan fingerprint density at radius 3 is 2.56 bits per heavy atom. The molecule has 0 radical (unpaired) electrons. The average Bonchev–Trinajstić information content (AvgIpc) is 3.35. The predicted octanol–water partition coefficient (Wildman–Crippen LogP) is 5.37. The van der Waals surface area contributed by atoms with Gasteiger partial charge >= 0.3 is 4.87 Å². The van der Waals surface area contributed by atoms with Crippen LogP contribution in [-0.4, -0.2) is 20.1 Å². The highest BCUT2D eigenvalue weighted by Gasteiger charge is 2.24. The minimum atomic E-state index is -0.152. The summed E-state index contributed by atoms with van der Waals surface area (Å²) in [4.78, 5) is 26.1. The smallest absolute Gasteiger partial charge is 0.308 e. The predicted molar refractivity (Wildman–Crippen MR) is 128 cm³/mol. The third-order valence-corrected chi connectivity index (χ3v) is 6.42. The summed E-state index contributed by atoms with van der Waals surface area (Å²) in [6.07, 6.45) is 2.43. The van der Waals surface area contributed by atoms with Crippen LogP contribution in [0.15, 0.2) is 53.5 Å². The zero-order valence-electron chi connectivity index (χ0n) is 18.8. The van der Waals surface area contributed by atoms with Crippen molar-refractivity contribution < 1.29 is 9.53 Å². The number of fused-ring (bicyclic) bond motifs is 1. The number of carbonyl (C=O) groups excluding carboxylic acids is 1. The van der Waals surface area contributed by atoms with E-state index in [0.29, 0.717) is 30.2 Å². The molecule has 0 spiro atoms. The lowest BCUT2D eigenvalue weighted by atomic mass is 10.00. The van der Waals surface area contributed by atoms with Crippen LogP contribution in [0.3, 0.4) is 0 Å². The van der Waals surface area contributed by atoms with Gasteiger partial charge in [-0.2, -0.15) is 5.10 Å². The molecule has 0 aliphatic rings. The van der Waals surface area contributed by atoms with Crippen molar-refractivity contribution in [3.8, 4) is 5.88 Å². The van der Waals surface area contributed by atoms with E-state index in [1.165, 1.54) is 11.3 Å². The van der Waals surface area contributed by atoms with Crippen LogP contribution in [0.5, 0.6) is 5.88 Å². The van der Waals surface area contributed by atoms with E-state index in [0.717, 1.165) is 27.8 Å². The summed E-state index contributed by atoms with van der Waals surface area (Å²) in [6.45, 7) is 8.93. The highest BCUT2D eigenvalue weighted by Crippen LogP contribution is 2.30. The number of benzene rings is 2. The molecule has 2 aromatic heterocycles. The Bertz CT molecular complexity index is 1320. The van der Waals surface area contributed by atoms with Gasteiger partial charge in [0.1, 0.15) is 12.2 Å². The second kappa shape index (κ2) is 9.12. The molecule has 0 amide bonds. The topological polar surface area (TPSA) is 66.1 Å². The monoisotopic (exact) mass is 449 g/mol. The zero-order valence-corrected chi connectivity index (χ0v) is 19.6. The fourth-order valence-electron chi connectivity index (χ4n) is 3.90. The van der Waals surface area contributed by atoms with Gasteiger partial charge in [0, 0.05) is 12.1 Å². The minimum Gasteiger partial charge on any atom is -0.472 e. The van der Waals surface area contributed by atoms with E-state index in [9.17, 15) is 9.59 Å². The molecule has 4 rings (SSSR count). The molecule has 0 saturated heterocycles. The molecule has 2 heterocycles. The van der Waals surface area contributed by atoms with Gasteiger partial charge < -0.3 is 4.74 Å². The number of hydrogen-bond acceptors (Lipinski definition) is 5. The first-order valence-corrected chi connectivity index (χ1v) is 11.7. The molecule has 0 bridgehead atoms. The molecule has 0 N–H and O–H groups in total. The molecule has 0 aliphatic heterocycles. The normalized spacial score (nSPS) is 11.4. The Balaban J connectivity index is 1.76. The summed E-state index contributed by atoms with van der Waals surface area (Å²) >= 11 is 1.22. The van der Waals surface area contributed by atoms with Crippen LogP contribution in [-0.2, 0) is 13.2 Å². The standard InChI is InChI=1S/C25H27N3O3S/c1-5-13-27-22-17(4)19(11-12-21(22)32-25(27)30)23(29)20-14-26-28(16(2)3)24(20)31-15-18-9-7-6-8-10-18/h6-12,14,16H,5,13,15H2,1-4H3. The molecular formula is C25H27N3O3S. The Kier molecular flexibility index (Phi) is 6.28. The minimum absolute atomic E-state index is 0.00839. The number of ketones is 1. The van der Waals surface area contributed by atoms with Crippen LogP contribution in [0.4, 0.5) is 0 Å². The van der Waals surface area contributed by atoms with Gasteiger partial charge in [-0.25, -0.2) is 4.68 Å². The van der Waals surface area contributed by atoms with Crippen molar-refractivity contribution in [2.75, 3.05) is 0 Å². The van der Waals surface area contributed by atoms with Gasteiger partial charge in [0.2, 0.25) is 5.88 Å². The molecule has 166 valence electrons. The highest BCUT2D eigenvalue weighted by atomic mass is 32.1. The number of hydrogen-bond donors (Lipinski definition) is 0. The van der Waals surface area contributed by atoms with Gasteiger partial charge in [-0.15, -0.1) is 0 Å². The van der Waals surface area contributed by atoms with Gasteiger partial charge in [0.05, 0.1) is 22.5 Å². The van der Waals surface area contributed by atoms with Crippen LogP contribution < -0.4 is 9.61 Å². The maximum absolute atomic E-state index is 13.6. The second-order valence-electron chi connectivity index (χ2n) is 8.11. The van der Waals surface area contributed by atoms with E-state index in [1.807, 2.05) is 64.1 Å². The molecule has 0 saturated carbocycles.